The standard InChI is InChI=1S/C24H23N5O2S2/c1-16-10-11-19(17(2)13-16)29-21(14-18-7-4-3-5-8-18)25-28-24(29)33-15-22(30)26-27-23(31)20-9-6-12-32-20/h3-13H,14-15H2,1-2H3,(H,26,30)(H,27,31). The van der Waals surface area contributed by atoms with E-state index in [2.05, 4.69) is 59.2 Å². The van der Waals surface area contributed by atoms with Crippen molar-refractivity contribution in [2.45, 2.75) is 25.4 Å². The molecule has 7 nitrogen and oxygen atoms in total. The molecule has 2 N–H and O–H groups in total. The van der Waals surface area contributed by atoms with E-state index in [1.807, 2.05) is 28.8 Å². The van der Waals surface area contributed by atoms with Crippen LogP contribution >= 0.6 is 23.1 Å². The number of hydrazine groups is 1. The second-order valence-electron chi connectivity index (χ2n) is 7.45. The summed E-state index contributed by atoms with van der Waals surface area (Å²) < 4.78 is 2.00. The SMILES string of the molecule is Cc1ccc(-n2c(Cc3ccccc3)nnc2SCC(=O)NNC(=O)c2cccs2)c(C)c1. The Hall–Kier alpha value is -3.43. The van der Waals surface area contributed by atoms with Crippen molar-refractivity contribution in [1.82, 2.24) is 25.6 Å². The zero-order chi connectivity index (χ0) is 23.2. The number of nitrogens with zero attached hydrogens (tertiary/aromatic N) is 3. The van der Waals surface area contributed by atoms with Gasteiger partial charge in [-0.15, -0.1) is 21.5 Å². The molecule has 2 aromatic heterocycles. The summed E-state index contributed by atoms with van der Waals surface area (Å²) in [5.74, 6) is 0.206. The molecule has 0 saturated heterocycles. The van der Waals surface area contributed by atoms with Crippen molar-refractivity contribution in [2.75, 3.05) is 5.75 Å². The van der Waals surface area contributed by atoms with Crippen LogP contribution in [0, 0.1) is 13.8 Å². The lowest BCUT2D eigenvalue weighted by Crippen LogP contribution is -2.42. The van der Waals surface area contributed by atoms with E-state index in [0.29, 0.717) is 16.5 Å². The van der Waals surface area contributed by atoms with Crippen molar-refractivity contribution in [3.8, 4) is 5.69 Å². The summed E-state index contributed by atoms with van der Waals surface area (Å²) in [6, 6.07) is 19.8. The monoisotopic (exact) mass is 477 g/mol. The number of carbonyl (C=O) groups is 2. The molecule has 0 bridgehead atoms. The van der Waals surface area contributed by atoms with Gasteiger partial charge in [0.2, 0.25) is 5.91 Å². The van der Waals surface area contributed by atoms with Gasteiger partial charge >= 0.3 is 0 Å². The van der Waals surface area contributed by atoms with Crippen molar-refractivity contribution in [2.24, 2.45) is 0 Å². The summed E-state index contributed by atoms with van der Waals surface area (Å²) in [7, 11) is 0. The first kappa shape index (κ1) is 22.8. The Morgan fingerprint density at radius 2 is 1.82 bits per heavy atom. The molecule has 2 heterocycles. The largest absolute Gasteiger partial charge is 0.279 e. The highest BCUT2D eigenvalue weighted by Crippen LogP contribution is 2.26. The lowest BCUT2D eigenvalue weighted by Gasteiger charge is -2.14. The summed E-state index contributed by atoms with van der Waals surface area (Å²) >= 11 is 2.58. The number of hydrogen-bond acceptors (Lipinski definition) is 6. The van der Waals surface area contributed by atoms with Crippen LogP contribution in [0.2, 0.25) is 0 Å². The number of benzene rings is 2. The minimum absolute atomic E-state index is 0.0824. The number of thioether (sulfide) groups is 1. The van der Waals surface area contributed by atoms with Crippen LogP contribution in [0.15, 0.2) is 71.2 Å². The molecule has 2 aromatic carbocycles. The topological polar surface area (TPSA) is 88.9 Å². The van der Waals surface area contributed by atoms with E-state index in [4.69, 9.17) is 0 Å². The highest BCUT2D eigenvalue weighted by molar-refractivity contribution is 7.99. The minimum atomic E-state index is -0.341. The molecule has 33 heavy (non-hydrogen) atoms. The molecule has 0 unspecified atom stereocenters. The van der Waals surface area contributed by atoms with Crippen LogP contribution in [0.1, 0.15) is 32.2 Å². The molecule has 0 radical (unpaired) electrons. The van der Waals surface area contributed by atoms with Gasteiger partial charge < -0.3 is 0 Å². The summed E-state index contributed by atoms with van der Waals surface area (Å²) in [5, 5.41) is 11.2. The molecule has 168 valence electrons. The first-order valence-corrected chi connectivity index (χ1v) is 12.2. The van der Waals surface area contributed by atoms with Gasteiger partial charge in [-0.25, -0.2) is 0 Å². The number of thiophene rings is 1. The number of hydrogen-bond donors (Lipinski definition) is 2. The number of aryl methyl sites for hydroxylation is 2. The molecule has 0 aliphatic carbocycles. The maximum Gasteiger partial charge on any atom is 0.279 e. The number of carbonyl (C=O) groups excluding carboxylic acids is 2. The van der Waals surface area contributed by atoms with Crippen molar-refractivity contribution in [3.63, 3.8) is 0 Å². The Balaban J connectivity index is 1.51. The van der Waals surface area contributed by atoms with Crippen LogP contribution in [0.5, 0.6) is 0 Å². The average molecular weight is 478 g/mol. The fraction of sp³-hybridized carbons (Fsp3) is 0.167. The molecule has 0 aliphatic rings. The van der Waals surface area contributed by atoms with Crippen molar-refractivity contribution in [1.29, 1.82) is 0 Å². The first-order chi connectivity index (χ1) is 16.0. The third kappa shape index (κ3) is 5.68. The third-order valence-electron chi connectivity index (χ3n) is 4.89. The molecular weight excluding hydrogens is 454 g/mol. The molecule has 0 atom stereocenters. The van der Waals surface area contributed by atoms with E-state index in [1.54, 1.807) is 17.5 Å². The predicted octanol–water partition coefficient (Wildman–Crippen LogP) is 4.09. The van der Waals surface area contributed by atoms with Gasteiger partial charge in [0.25, 0.3) is 5.91 Å². The van der Waals surface area contributed by atoms with Gasteiger partial charge in [-0.1, -0.05) is 65.9 Å². The smallest absolute Gasteiger partial charge is 0.273 e. The quantitative estimate of drug-likeness (QED) is 0.309. The van der Waals surface area contributed by atoms with E-state index < -0.39 is 0 Å². The van der Waals surface area contributed by atoms with Crippen molar-refractivity contribution >= 4 is 34.9 Å². The molecule has 2 amide bonds. The maximum absolute atomic E-state index is 12.3. The number of amides is 2. The zero-order valence-corrected chi connectivity index (χ0v) is 19.9. The van der Waals surface area contributed by atoms with Crippen LogP contribution in [-0.4, -0.2) is 32.3 Å². The molecule has 9 heteroatoms. The lowest BCUT2D eigenvalue weighted by molar-refractivity contribution is -0.119. The number of rotatable bonds is 7. The molecular formula is C24H23N5O2S2. The maximum atomic E-state index is 12.3. The molecule has 4 rings (SSSR count). The summed E-state index contributed by atoms with van der Waals surface area (Å²) in [5.41, 5.74) is 9.26. The highest BCUT2D eigenvalue weighted by Gasteiger charge is 2.18. The van der Waals surface area contributed by atoms with E-state index in [-0.39, 0.29) is 17.6 Å². The average Bonchev–Trinajstić information content (AvgIpc) is 3.48. The molecule has 4 aromatic rings. The van der Waals surface area contributed by atoms with Gasteiger partial charge in [-0.3, -0.25) is 25.0 Å². The van der Waals surface area contributed by atoms with E-state index in [0.717, 1.165) is 22.6 Å². The van der Waals surface area contributed by atoms with Crippen LogP contribution in [0.3, 0.4) is 0 Å². The normalized spacial score (nSPS) is 10.7. The number of nitrogens with one attached hydrogen (secondary N) is 2. The second-order valence-corrected chi connectivity index (χ2v) is 9.34. The van der Waals surface area contributed by atoms with Crippen molar-refractivity contribution in [3.05, 3.63) is 93.4 Å². The number of aromatic nitrogens is 3. The van der Waals surface area contributed by atoms with Gasteiger partial charge in [-0.2, -0.15) is 0 Å². The molecule has 0 spiro atoms. The van der Waals surface area contributed by atoms with Gasteiger partial charge in [0.15, 0.2) is 5.16 Å². The summed E-state index contributed by atoms with van der Waals surface area (Å²) in [6.07, 6.45) is 0.616. The first-order valence-electron chi connectivity index (χ1n) is 10.3. The van der Waals surface area contributed by atoms with Crippen LogP contribution in [0.25, 0.3) is 5.69 Å². The lowest BCUT2D eigenvalue weighted by atomic mass is 10.1. The summed E-state index contributed by atoms with van der Waals surface area (Å²) in [4.78, 5) is 24.9. The fourth-order valence-corrected chi connectivity index (χ4v) is 4.73. The summed E-state index contributed by atoms with van der Waals surface area (Å²) in [6.45, 7) is 4.11. The van der Waals surface area contributed by atoms with E-state index in [1.165, 1.54) is 28.7 Å². The Morgan fingerprint density at radius 3 is 2.55 bits per heavy atom. The van der Waals surface area contributed by atoms with Gasteiger partial charge in [0.05, 0.1) is 16.3 Å². The van der Waals surface area contributed by atoms with Crippen LogP contribution in [0.4, 0.5) is 0 Å². The second kappa shape index (κ2) is 10.5. The zero-order valence-electron chi connectivity index (χ0n) is 18.2. The van der Waals surface area contributed by atoms with Gasteiger partial charge in [-0.05, 0) is 42.5 Å². The van der Waals surface area contributed by atoms with E-state index >= 15 is 0 Å². The highest BCUT2D eigenvalue weighted by atomic mass is 32.2. The molecule has 0 saturated carbocycles. The van der Waals surface area contributed by atoms with Gasteiger partial charge in [0.1, 0.15) is 5.82 Å². The Kier molecular flexibility index (Phi) is 7.21. The Labute approximate surface area is 200 Å². The third-order valence-corrected chi connectivity index (χ3v) is 6.69. The fourth-order valence-electron chi connectivity index (χ4n) is 3.35. The van der Waals surface area contributed by atoms with Crippen molar-refractivity contribution < 1.29 is 9.59 Å². The van der Waals surface area contributed by atoms with E-state index in [9.17, 15) is 9.59 Å². The Morgan fingerprint density at radius 1 is 1.00 bits per heavy atom. The molecule has 0 aliphatic heterocycles. The van der Waals surface area contributed by atoms with Crippen LogP contribution < -0.4 is 10.9 Å². The minimum Gasteiger partial charge on any atom is -0.273 e. The predicted molar refractivity (Wildman–Crippen MR) is 131 cm³/mol. The Bertz CT molecular complexity index is 1250. The molecule has 0 fully saturated rings. The van der Waals surface area contributed by atoms with Crippen LogP contribution in [-0.2, 0) is 11.2 Å². The van der Waals surface area contributed by atoms with Gasteiger partial charge in [0, 0.05) is 6.42 Å².